The SMILES string of the molecule is NC1CCC(c2nc(CSC3CCCCC3)no2)C1. The summed E-state index contributed by atoms with van der Waals surface area (Å²) in [5.74, 6) is 2.97. The van der Waals surface area contributed by atoms with Gasteiger partial charge in [-0.1, -0.05) is 24.4 Å². The summed E-state index contributed by atoms with van der Waals surface area (Å²) in [5, 5.41) is 4.92. The molecule has 0 aliphatic heterocycles. The molecule has 106 valence electrons. The fraction of sp³-hybridized carbons (Fsp3) is 0.857. The number of nitrogens with two attached hydrogens (primary N) is 1. The molecule has 1 aromatic rings. The van der Waals surface area contributed by atoms with E-state index in [1.807, 2.05) is 11.8 Å². The largest absolute Gasteiger partial charge is 0.339 e. The van der Waals surface area contributed by atoms with Gasteiger partial charge in [-0.25, -0.2) is 0 Å². The normalized spacial score (nSPS) is 28.9. The van der Waals surface area contributed by atoms with Gasteiger partial charge in [0.2, 0.25) is 5.89 Å². The molecule has 2 aliphatic rings. The van der Waals surface area contributed by atoms with E-state index in [-0.39, 0.29) is 0 Å². The summed E-state index contributed by atoms with van der Waals surface area (Å²) in [6, 6.07) is 0.317. The molecule has 0 radical (unpaired) electrons. The number of aromatic nitrogens is 2. The summed E-state index contributed by atoms with van der Waals surface area (Å²) >= 11 is 2.00. The highest BCUT2D eigenvalue weighted by Gasteiger charge is 2.27. The van der Waals surface area contributed by atoms with Gasteiger partial charge in [-0.05, 0) is 32.1 Å². The zero-order valence-corrected chi connectivity index (χ0v) is 12.2. The molecule has 2 atom stereocenters. The first-order valence-corrected chi connectivity index (χ1v) is 8.56. The second-order valence-corrected chi connectivity index (χ2v) is 7.18. The zero-order valence-electron chi connectivity index (χ0n) is 11.4. The summed E-state index contributed by atoms with van der Waals surface area (Å²) in [5.41, 5.74) is 5.93. The van der Waals surface area contributed by atoms with Crippen molar-refractivity contribution in [3.8, 4) is 0 Å². The van der Waals surface area contributed by atoms with E-state index in [0.717, 1.165) is 42.0 Å². The quantitative estimate of drug-likeness (QED) is 0.918. The zero-order chi connectivity index (χ0) is 13.1. The molecule has 4 nitrogen and oxygen atoms in total. The molecular formula is C14H23N3OS. The summed E-state index contributed by atoms with van der Waals surface area (Å²) in [6.45, 7) is 0. The van der Waals surface area contributed by atoms with E-state index >= 15 is 0 Å². The minimum atomic E-state index is 0.317. The molecule has 3 rings (SSSR count). The smallest absolute Gasteiger partial charge is 0.229 e. The topological polar surface area (TPSA) is 64.9 Å². The third-order valence-electron chi connectivity index (χ3n) is 4.31. The molecule has 2 fully saturated rings. The molecule has 0 bridgehead atoms. The molecule has 1 heterocycles. The second kappa shape index (κ2) is 6.27. The maximum Gasteiger partial charge on any atom is 0.229 e. The Hall–Kier alpha value is -0.550. The molecule has 5 heteroatoms. The van der Waals surface area contributed by atoms with Crippen molar-refractivity contribution in [3.63, 3.8) is 0 Å². The van der Waals surface area contributed by atoms with Crippen LogP contribution >= 0.6 is 11.8 Å². The molecule has 0 amide bonds. The molecule has 2 saturated carbocycles. The Bertz CT molecular complexity index is 403. The Morgan fingerprint density at radius 2 is 2.00 bits per heavy atom. The highest BCUT2D eigenvalue weighted by molar-refractivity contribution is 7.99. The Morgan fingerprint density at radius 3 is 2.74 bits per heavy atom. The van der Waals surface area contributed by atoms with Crippen LogP contribution in [0.15, 0.2) is 4.52 Å². The Balaban J connectivity index is 1.50. The van der Waals surface area contributed by atoms with Gasteiger partial charge in [0.1, 0.15) is 0 Å². The molecular weight excluding hydrogens is 258 g/mol. The van der Waals surface area contributed by atoms with Gasteiger partial charge >= 0.3 is 0 Å². The highest BCUT2D eigenvalue weighted by Crippen LogP contribution is 2.33. The lowest BCUT2D eigenvalue weighted by molar-refractivity contribution is 0.350. The minimum Gasteiger partial charge on any atom is -0.339 e. The maximum atomic E-state index is 5.93. The van der Waals surface area contributed by atoms with E-state index < -0.39 is 0 Å². The minimum absolute atomic E-state index is 0.317. The Morgan fingerprint density at radius 1 is 1.16 bits per heavy atom. The molecule has 0 aromatic carbocycles. The summed E-state index contributed by atoms with van der Waals surface area (Å²) in [7, 11) is 0. The first-order valence-electron chi connectivity index (χ1n) is 7.51. The second-order valence-electron chi connectivity index (χ2n) is 5.89. The van der Waals surface area contributed by atoms with Gasteiger partial charge in [0.05, 0.1) is 5.75 Å². The van der Waals surface area contributed by atoms with Crippen molar-refractivity contribution in [1.82, 2.24) is 10.1 Å². The van der Waals surface area contributed by atoms with Crippen LogP contribution in [-0.2, 0) is 5.75 Å². The van der Waals surface area contributed by atoms with Gasteiger partial charge in [0.15, 0.2) is 5.82 Å². The van der Waals surface area contributed by atoms with Crippen LogP contribution in [0.2, 0.25) is 0 Å². The van der Waals surface area contributed by atoms with E-state index in [4.69, 9.17) is 10.3 Å². The molecule has 1 aromatic heterocycles. The summed E-state index contributed by atoms with van der Waals surface area (Å²) in [6.07, 6.45) is 10.1. The van der Waals surface area contributed by atoms with Crippen molar-refractivity contribution in [2.45, 2.75) is 74.3 Å². The van der Waals surface area contributed by atoms with Crippen LogP contribution in [0, 0.1) is 0 Å². The lowest BCUT2D eigenvalue weighted by Crippen LogP contribution is -2.14. The number of hydrogen-bond donors (Lipinski definition) is 1. The van der Waals surface area contributed by atoms with Gasteiger partial charge in [-0.15, -0.1) is 0 Å². The molecule has 0 saturated heterocycles. The molecule has 2 N–H and O–H groups in total. The van der Waals surface area contributed by atoms with E-state index in [0.29, 0.717) is 12.0 Å². The van der Waals surface area contributed by atoms with E-state index in [1.165, 1.54) is 32.1 Å². The van der Waals surface area contributed by atoms with Crippen molar-refractivity contribution >= 4 is 11.8 Å². The summed E-state index contributed by atoms with van der Waals surface area (Å²) < 4.78 is 5.41. The van der Waals surface area contributed by atoms with Crippen LogP contribution in [0.3, 0.4) is 0 Å². The fourth-order valence-electron chi connectivity index (χ4n) is 3.16. The highest BCUT2D eigenvalue weighted by atomic mass is 32.2. The molecule has 2 aliphatic carbocycles. The van der Waals surface area contributed by atoms with Crippen LogP contribution in [0.4, 0.5) is 0 Å². The third-order valence-corrected chi connectivity index (χ3v) is 5.67. The van der Waals surface area contributed by atoms with Gasteiger partial charge < -0.3 is 10.3 Å². The monoisotopic (exact) mass is 281 g/mol. The first-order chi connectivity index (χ1) is 9.31. The van der Waals surface area contributed by atoms with Crippen LogP contribution in [0.25, 0.3) is 0 Å². The predicted molar refractivity (Wildman–Crippen MR) is 77.0 cm³/mol. The number of thioether (sulfide) groups is 1. The van der Waals surface area contributed by atoms with Crippen molar-refractivity contribution in [2.75, 3.05) is 0 Å². The Labute approximate surface area is 118 Å². The van der Waals surface area contributed by atoms with Gasteiger partial charge in [0, 0.05) is 17.2 Å². The van der Waals surface area contributed by atoms with Crippen LogP contribution in [0.1, 0.15) is 69.0 Å². The summed E-state index contributed by atoms with van der Waals surface area (Å²) in [4.78, 5) is 4.56. The third kappa shape index (κ3) is 3.51. The average Bonchev–Trinajstić information content (AvgIpc) is 3.06. The van der Waals surface area contributed by atoms with E-state index in [9.17, 15) is 0 Å². The van der Waals surface area contributed by atoms with Gasteiger partial charge in [-0.3, -0.25) is 0 Å². The average molecular weight is 281 g/mol. The predicted octanol–water partition coefficient (Wildman–Crippen LogP) is 3.23. The van der Waals surface area contributed by atoms with E-state index in [2.05, 4.69) is 10.1 Å². The van der Waals surface area contributed by atoms with E-state index in [1.54, 1.807) is 0 Å². The van der Waals surface area contributed by atoms with Crippen molar-refractivity contribution in [1.29, 1.82) is 0 Å². The van der Waals surface area contributed by atoms with Crippen molar-refractivity contribution < 1.29 is 4.52 Å². The fourth-order valence-corrected chi connectivity index (χ4v) is 4.33. The van der Waals surface area contributed by atoms with Crippen molar-refractivity contribution in [2.24, 2.45) is 5.73 Å². The standard InChI is InChI=1S/C14H23N3OS/c15-11-7-6-10(8-11)14-16-13(17-18-14)9-19-12-4-2-1-3-5-12/h10-12H,1-9,15H2. The lowest BCUT2D eigenvalue weighted by atomic mass is 10.0. The molecule has 0 spiro atoms. The first kappa shape index (κ1) is 13.4. The van der Waals surface area contributed by atoms with Gasteiger partial charge in [0.25, 0.3) is 0 Å². The maximum absolute atomic E-state index is 5.93. The number of rotatable bonds is 4. The van der Waals surface area contributed by atoms with Crippen LogP contribution in [0.5, 0.6) is 0 Å². The lowest BCUT2D eigenvalue weighted by Gasteiger charge is -2.19. The molecule has 2 unspecified atom stereocenters. The number of nitrogens with zero attached hydrogens (tertiary/aromatic N) is 2. The van der Waals surface area contributed by atoms with Gasteiger partial charge in [-0.2, -0.15) is 16.7 Å². The molecule has 19 heavy (non-hydrogen) atoms. The van der Waals surface area contributed by atoms with Crippen LogP contribution < -0.4 is 5.73 Å². The number of hydrogen-bond acceptors (Lipinski definition) is 5. The van der Waals surface area contributed by atoms with Crippen molar-refractivity contribution in [3.05, 3.63) is 11.7 Å². The van der Waals surface area contributed by atoms with Crippen LogP contribution in [-0.4, -0.2) is 21.4 Å². The Kier molecular flexibility index (Phi) is 4.43.